The van der Waals surface area contributed by atoms with E-state index in [2.05, 4.69) is 5.92 Å². The van der Waals surface area contributed by atoms with E-state index in [1.165, 1.54) is 0 Å². The predicted molar refractivity (Wildman–Crippen MR) is 63.7 cm³/mol. The number of ether oxygens (including phenoxy) is 1. The highest BCUT2D eigenvalue weighted by Crippen LogP contribution is 2.14. The van der Waals surface area contributed by atoms with Crippen molar-refractivity contribution in [2.24, 2.45) is 0 Å². The molecular weight excluding hydrogens is 202 g/mol. The van der Waals surface area contributed by atoms with Gasteiger partial charge < -0.3 is 10.5 Å². The summed E-state index contributed by atoms with van der Waals surface area (Å²) in [4.78, 5) is 11.2. The number of terminal acetylenes is 1. The number of nitrogen functional groups attached to an aromatic ring is 1. The van der Waals surface area contributed by atoms with Crippen LogP contribution in [0.25, 0.3) is 0 Å². The van der Waals surface area contributed by atoms with Crippen molar-refractivity contribution in [2.45, 2.75) is 19.8 Å². The van der Waals surface area contributed by atoms with E-state index in [1.807, 2.05) is 6.07 Å². The van der Waals surface area contributed by atoms with Crippen molar-refractivity contribution in [1.82, 2.24) is 0 Å². The number of benzene rings is 1. The second-order valence-electron chi connectivity index (χ2n) is 3.37. The summed E-state index contributed by atoms with van der Waals surface area (Å²) in [7, 11) is 0. The van der Waals surface area contributed by atoms with Crippen LogP contribution < -0.4 is 5.73 Å². The highest BCUT2D eigenvalue weighted by Gasteiger charge is 2.05. The SMILES string of the molecule is C#Cc1cc(N)ccc1CCC(=O)OCC. The number of rotatable bonds is 4. The first kappa shape index (κ1) is 12.1. The summed E-state index contributed by atoms with van der Waals surface area (Å²) in [5.74, 6) is 2.35. The molecular formula is C13H15NO2. The summed E-state index contributed by atoms with van der Waals surface area (Å²) in [6.07, 6.45) is 6.28. The van der Waals surface area contributed by atoms with Crippen molar-refractivity contribution in [3.8, 4) is 12.3 Å². The molecule has 0 saturated carbocycles. The average Bonchev–Trinajstić information content (AvgIpc) is 2.27. The van der Waals surface area contributed by atoms with Gasteiger partial charge in [-0.3, -0.25) is 4.79 Å². The fourth-order valence-corrected chi connectivity index (χ4v) is 1.42. The van der Waals surface area contributed by atoms with E-state index in [-0.39, 0.29) is 5.97 Å². The first-order valence-electron chi connectivity index (χ1n) is 5.18. The smallest absolute Gasteiger partial charge is 0.306 e. The van der Waals surface area contributed by atoms with Crippen LogP contribution in [0.4, 0.5) is 5.69 Å². The molecule has 0 radical (unpaired) electrons. The fraction of sp³-hybridized carbons (Fsp3) is 0.308. The van der Waals surface area contributed by atoms with Crippen molar-refractivity contribution < 1.29 is 9.53 Å². The summed E-state index contributed by atoms with van der Waals surface area (Å²) in [6, 6.07) is 5.37. The van der Waals surface area contributed by atoms with Crippen molar-refractivity contribution in [3.63, 3.8) is 0 Å². The molecule has 84 valence electrons. The third-order valence-electron chi connectivity index (χ3n) is 2.19. The summed E-state index contributed by atoms with van der Waals surface area (Å²) in [5, 5.41) is 0. The van der Waals surface area contributed by atoms with Gasteiger partial charge in [0.05, 0.1) is 6.61 Å². The van der Waals surface area contributed by atoms with E-state index in [0.29, 0.717) is 25.1 Å². The molecule has 0 bridgehead atoms. The average molecular weight is 217 g/mol. The number of hydrogen-bond acceptors (Lipinski definition) is 3. The minimum Gasteiger partial charge on any atom is -0.466 e. The zero-order valence-electron chi connectivity index (χ0n) is 9.32. The van der Waals surface area contributed by atoms with E-state index >= 15 is 0 Å². The Morgan fingerprint density at radius 3 is 2.94 bits per heavy atom. The minimum atomic E-state index is -0.206. The van der Waals surface area contributed by atoms with Crippen molar-refractivity contribution in [2.75, 3.05) is 12.3 Å². The number of anilines is 1. The first-order chi connectivity index (χ1) is 7.67. The molecule has 0 atom stereocenters. The zero-order valence-corrected chi connectivity index (χ0v) is 9.32. The van der Waals surface area contributed by atoms with Gasteiger partial charge in [-0.05, 0) is 31.0 Å². The normalized spacial score (nSPS) is 9.50. The Morgan fingerprint density at radius 2 is 2.31 bits per heavy atom. The summed E-state index contributed by atoms with van der Waals surface area (Å²) in [5.41, 5.74) is 7.94. The molecule has 3 nitrogen and oxygen atoms in total. The predicted octanol–water partition coefficient (Wildman–Crippen LogP) is 1.75. The van der Waals surface area contributed by atoms with Crippen LogP contribution in [-0.4, -0.2) is 12.6 Å². The summed E-state index contributed by atoms with van der Waals surface area (Å²) < 4.78 is 4.85. The third kappa shape index (κ3) is 3.32. The maximum absolute atomic E-state index is 11.2. The lowest BCUT2D eigenvalue weighted by atomic mass is 10.0. The highest BCUT2D eigenvalue weighted by molar-refractivity contribution is 5.70. The molecule has 3 heteroatoms. The molecule has 0 spiro atoms. The van der Waals surface area contributed by atoms with Gasteiger partial charge in [0.2, 0.25) is 0 Å². The Kier molecular flexibility index (Phi) is 4.41. The van der Waals surface area contributed by atoms with Gasteiger partial charge in [0.1, 0.15) is 0 Å². The van der Waals surface area contributed by atoms with E-state index in [1.54, 1.807) is 19.1 Å². The van der Waals surface area contributed by atoms with Crippen LogP contribution in [-0.2, 0) is 16.0 Å². The number of aryl methyl sites for hydroxylation is 1. The molecule has 1 rings (SSSR count). The van der Waals surface area contributed by atoms with Gasteiger partial charge in [-0.15, -0.1) is 6.42 Å². The molecule has 0 unspecified atom stereocenters. The third-order valence-corrected chi connectivity index (χ3v) is 2.19. The Morgan fingerprint density at radius 1 is 1.56 bits per heavy atom. The molecule has 0 aromatic heterocycles. The van der Waals surface area contributed by atoms with E-state index in [0.717, 1.165) is 11.1 Å². The van der Waals surface area contributed by atoms with Gasteiger partial charge in [-0.2, -0.15) is 0 Å². The Bertz CT molecular complexity index is 418. The first-order valence-corrected chi connectivity index (χ1v) is 5.18. The molecule has 0 aliphatic carbocycles. The van der Waals surface area contributed by atoms with Crippen LogP contribution in [0, 0.1) is 12.3 Å². The molecule has 0 amide bonds. The van der Waals surface area contributed by atoms with E-state index < -0.39 is 0 Å². The summed E-state index contributed by atoms with van der Waals surface area (Å²) in [6.45, 7) is 2.19. The van der Waals surface area contributed by atoms with Crippen LogP contribution in [0.2, 0.25) is 0 Å². The number of carbonyl (C=O) groups excluding carboxylic acids is 1. The molecule has 0 aliphatic rings. The molecule has 0 fully saturated rings. The summed E-state index contributed by atoms with van der Waals surface area (Å²) >= 11 is 0. The Hall–Kier alpha value is -1.95. The minimum absolute atomic E-state index is 0.206. The number of nitrogens with two attached hydrogens (primary N) is 1. The quantitative estimate of drug-likeness (QED) is 0.475. The van der Waals surface area contributed by atoms with E-state index in [4.69, 9.17) is 16.9 Å². The van der Waals surface area contributed by atoms with Crippen molar-refractivity contribution in [1.29, 1.82) is 0 Å². The van der Waals surface area contributed by atoms with Crippen molar-refractivity contribution >= 4 is 11.7 Å². The second kappa shape index (κ2) is 5.82. The van der Waals surface area contributed by atoms with Gasteiger partial charge in [0, 0.05) is 17.7 Å². The monoisotopic (exact) mass is 217 g/mol. The Balaban J connectivity index is 2.67. The second-order valence-corrected chi connectivity index (χ2v) is 3.37. The Labute approximate surface area is 95.6 Å². The molecule has 0 heterocycles. The van der Waals surface area contributed by atoms with Crippen molar-refractivity contribution in [3.05, 3.63) is 29.3 Å². The lowest BCUT2D eigenvalue weighted by molar-refractivity contribution is -0.143. The van der Waals surface area contributed by atoms with Crippen LogP contribution in [0.3, 0.4) is 0 Å². The van der Waals surface area contributed by atoms with E-state index in [9.17, 15) is 4.79 Å². The standard InChI is InChI=1S/C13H15NO2/c1-3-10-9-12(14)7-5-11(10)6-8-13(15)16-4-2/h1,5,7,9H,4,6,8,14H2,2H3. The largest absolute Gasteiger partial charge is 0.466 e. The maximum atomic E-state index is 11.2. The van der Waals surface area contributed by atoms with Crippen LogP contribution >= 0.6 is 0 Å². The number of hydrogen-bond donors (Lipinski definition) is 1. The van der Waals surface area contributed by atoms with Gasteiger partial charge in [0.25, 0.3) is 0 Å². The van der Waals surface area contributed by atoms with Crippen LogP contribution in [0.15, 0.2) is 18.2 Å². The maximum Gasteiger partial charge on any atom is 0.306 e. The number of carbonyl (C=O) groups is 1. The number of esters is 1. The molecule has 16 heavy (non-hydrogen) atoms. The highest BCUT2D eigenvalue weighted by atomic mass is 16.5. The lowest BCUT2D eigenvalue weighted by Crippen LogP contribution is -2.06. The van der Waals surface area contributed by atoms with Gasteiger partial charge in [-0.1, -0.05) is 12.0 Å². The van der Waals surface area contributed by atoms with Gasteiger partial charge in [0.15, 0.2) is 0 Å². The molecule has 2 N–H and O–H groups in total. The zero-order chi connectivity index (χ0) is 12.0. The molecule has 1 aromatic rings. The topological polar surface area (TPSA) is 52.3 Å². The van der Waals surface area contributed by atoms with Gasteiger partial charge >= 0.3 is 5.97 Å². The molecule has 0 aliphatic heterocycles. The lowest BCUT2D eigenvalue weighted by Gasteiger charge is -2.05. The fourth-order valence-electron chi connectivity index (χ4n) is 1.42. The van der Waals surface area contributed by atoms with Gasteiger partial charge in [-0.25, -0.2) is 0 Å². The van der Waals surface area contributed by atoms with Crippen LogP contribution in [0.5, 0.6) is 0 Å². The molecule has 0 saturated heterocycles. The molecule has 1 aromatic carbocycles. The van der Waals surface area contributed by atoms with Crippen LogP contribution in [0.1, 0.15) is 24.5 Å².